The van der Waals surface area contributed by atoms with Crippen LogP contribution in [0.3, 0.4) is 0 Å². The second-order valence-corrected chi connectivity index (χ2v) is 8.22. The zero-order valence-corrected chi connectivity index (χ0v) is 18.7. The average molecular weight is 420 g/mol. The fraction of sp³-hybridized carbons (Fsp3) is 0.545. The van der Waals surface area contributed by atoms with Crippen molar-refractivity contribution in [1.29, 1.82) is 0 Å². The standard InChI is InChI=1S/C22H33N5O.ClH/c1-16(2)13-18-5-7-19(8-6-18)17(3)25-21(28)15-27-12-9-23-14-20(27)22-24-10-11-26(22)4;/h5-8,10-11,16-17,20,23H,9,12-15H2,1-4H3,(H,25,28);1H. The number of aromatic nitrogens is 2. The second kappa shape index (κ2) is 10.8. The van der Waals surface area contributed by atoms with Crippen molar-refractivity contribution in [3.63, 3.8) is 0 Å². The van der Waals surface area contributed by atoms with Crippen molar-refractivity contribution in [2.24, 2.45) is 13.0 Å². The Morgan fingerprint density at radius 1 is 1.28 bits per heavy atom. The van der Waals surface area contributed by atoms with Crippen molar-refractivity contribution in [3.05, 3.63) is 53.6 Å². The highest BCUT2D eigenvalue weighted by Crippen LogP contribution is 2.20. The summed E-state index contributed by atoms with van der Waals surface area (Å²) in [5.74, 6) is 1.70. The summed E-state index contributed by atoms with van der Waals surface area (Å²) in [6.45, 7) is 9.42. The molecule has 1 aromatic heterocycles. The van der Waals surface area contributed by atoms with Crippen molar-refractivity contribution in [2.45, 2.75) is 39.3 Å². The number of hydrogen-bond acceptors (Lipinski definition) is 4. The Balaban J connectivity index is 0.00000300. The number of amides is 1. The molecule has 1 aromatic carbocycles. The third-order valence-corrected chi connectivity index (χ3v) is 5.36. The van der Waals surface area contributed by atoms with Crippen LogP contribution in [0, 0.1) is 5.92 Å². The SMILES string of the molecule is CC(C)Cc1ccc(C(C)NC(=O)CN2CCNCC2c2nccn2C)cc1.Cl. The number of rotatable bonds is 7. The molecule has 2 atom stereocenters. The van der Waals surface area contributed by atoms with E-state index >= 15 is 0 Å². The highest BCUT2D eigenvalue weighted by molar-refractivity contribution is 5.85. The monoisotopic (exact) mass is 419 g/mol. The van der Waals surface area contributed by atoms with Gasteiger partial charge in [0.05, 0.1) is 18.6 Å². The maximum Gasteiger partial charge on any atom is 0.234 e. The van der Waals surface area contributed by atoms with Crippen LogP contribution in [0.4, 0.5) is 0 Å². The zero-order chi connectivity index (χ0) is 20.1. The van der Waals surface area contributed by atoms with E-state index in [-0.39, 0.29) is 30.4 Å². The summed E-state index contributed by atoms with van der Waals surface area (Å²) in [6, 6.07) is 8.71. The Hall–Kier alpha value is -1.89. The Bertz CT molecular complexity index is 774. The molecule has 0 saturated carbocycles. The number of hydrogen-bond donors (Lipinski definition) is 2. The minimum atomic E-state index is -0.00451. The summed E-state index contributed by atoms with van der Waals surface area (Å²) in [6.07, 6.45) is 4.85. The number of piperazine rings is 1. The predicted octanol–water partition coefficient (Wildman–Crippen LogP) is 2.86. The van der Waals surface area contributed by atoms with Gasteiger partial charge in [-0.1, -0.05) is 38.1 Å². The highest BCUT2D eigenvalue weighted by Gasteiger charge is 2.28. The first-order valence-electron chi connectivity index (χ1n) is 10.2. The van der Waals surface area contributed by atoms with Crippen LogP contribution in [-0.4, -0.2) is 46.5 Å². The van der Waals surface area contributed by atoms with Crippen molar-refractivity contribution < 1.29 is 4.79 Å². The zero-order valence-electron chi connectivity index (χ0n) is 17.9. The number of imidazole rings is 1. The Labute approximate surface area is 180 Å². The van der Waals surface area contributed by atoms with E-state index in [1.54, 1.807) is 0 Å². The van der Waals surface area contributed by atoms with Gasteiger partial charge in [0.2, 0.25) is 5.91 Å². The van der Waals surface area contributed by atoms with Gasteiger partial charge >= 0.3 is 0 Å². The van der Waals surface area contributed by atoms with Crippen LogP contribution in [0.2, 0.25) is 0 Å². The summed E-state index contributed by atoms with van der Waals surface area (Å²) >= 11 is 0. The van der Waals surface area contributed by atoms with Gasteiger partial charge in [-0.3, -0.25) is 9.69 Å². The van der Waals surface area contributed by atoms with Crippen LogP contribution < -0.4 is 10.6 Å². The first-order chi connectivity index (χ1) is 13.4. The predicted molar refractivity (Wildman–Crippen MR) is 119 cm³/mol. The van der Waals surface area contributed by atoms with Crippen molar-refractivity contribution in [1.82, 2.24) is 25.1 Å². The molecule has 7 heteroatoms. The minimum Gasteiger partial charge on any atom is -0.348 e. The molecule has 0 radical (unpaired) electrons. The molecule has 6 nitrogen and oxygen atoms in total. The molecule has 1 aliphatic rings. The van der Waals surface area contributed by atoms with Gasteiger partial charge in [-0.2, -0.15) is 0 Å². The number of halogens is 1. The smallest absolute Gasteiger partial charge is 0.234 e. The molecule has 3 rings (SSSR count). The van der Waals surface area contributed by atoms with E-state index in [1.165, 1.54) is 5.56 Å². The number of benzene rings is 1. The lowest BCUT2D eigenvalue weighted by Gasteiger charge is -2.35. The van der Waals surface area contributed by atoms with Crippen molar-refractivity contribution >= 4 is 18.3 Å². The Morgan fingerprint density at radius 3 is 2.62 bits per heavy atom. The molecule has 29 heavy (non-hydrogen) atoms. The van der Waals surface area contributed by atoms with Gasteiger partial charge in [-0.15, -0.1) is 12.4 Å². The fourth-order valence-corrected chi connectivity index (χ4v) is 3.86. The van der Waals surface area contributed by atoms with Crippen LogP contribution in [-0.2, 0) is 18.3 Å². The summed E-state index contributed by atoms with van der Waals surface area (Å²) in [5, 5.41) is 6.57. The molecule has 2 N–H and O–H groups in total. The van der Waals surface area contributed by atoms with Gasteiger partial charge in [0.15, 0.2) is 0 Å². The van der Waals surface area contributed by atoms with E-state index in [2.05, 4.69) is 58.6 Å². The third kappa shape index (κ3) is 6.29. The first kappa shape index (κ1) is 23.4. The van der Waals surface area contributed by atoms with Crippen molar-refractivity contribution in [2.75, 3.05) is 26.2 Å². The average Bonchev–Trinajstić information content (AvgIpc) is 3.08. The Morgan fingerprint density at radius 2 is 2.00 bits per heavy atom. The molecular weight excluding hydrogens is 386 g/mol. The van der Waals surface area contributed by atoms with Crippen LogP contribution in [0.5, 0.6) is 0 Å². The molecule has 0 aliphatic carbocycles. The number of carbonyl (C=O) groups is 1. The molecule has 2 aromatic rings. The van der Waals surface area contributed by atoms with Crippen molar-refractivity contribution in [3.8, 4) is 0 Å². The molecule has 2 unspecified atom stereocenters. The number of aryl methyl sites for hydroxylation is 1. The van der Waals surface area contributed by atoms with Crippen LogP contribution in [0.25, 0.3) is 0 Å². The van der Waals surface area contributed by atoms with Gasteiger partial charge < -0.3 is 15.2 Å². The topological polar surface area (TPSA) is 62.2 Å². The van der Waals surface area contributed by atoms with E-state index in [0.717, 1.165) is 37.4 Å². The molecule has 0 spiro atoms. The van der Waals surface area contributed by atoms with Gasteiger partial charge in [0.1, 0.15) is 5.82 Å². The van der Waals surface area contributed by atoms with Gasteiger partial charge in [-0.25, -0.2) is 4.98 Å². The minimum absolute atomic E-state index is 0. The summed E-state index contributed by atoms with van der Waals surface area (Å²) in [7, 11) is 2.00. The largest absolute Gasteiger partial charge is 0.348 e. The molecule has 1 aliphatic heterocycles. The van der Waals surface area contributed by atoms with E-state index < -0.39 is 0 Å². The van der Waals surface area contributed by atoms with E-state index in [0.29, 0.717) is 12.5 Å². The van der Waals surface area contributed by atoms with E-state index in [9.17, 15) is 4.79 Å². The third-order valence-electron chi connectivity index (χ3n) is 5.36. The number of nitrogens with zero attached hydrogens (tertiary/aromatic N) is 3. The molecule has 1 saturated heterocycles. The number of nitrogens with one attached hydrogen (secondary N) is 2. The molecular formula is C22H34ClN5O. The summed E-state index contributed by atoms with van der Waals surface area (Å²) < 4.78 is 2.03. The number of carbonyl (C=O) groups excluding carboxylic acids is 1. The maximum absolute atomic E-state index is 12.7. The maximum atomic E-state index is 12.7. The van der Waals surface area contributed by atoms with Crippen LogP contribution >= 0.6 is 12.4 Å². The molecule has 1 amide bonds. The van der Waals surface area contributed by atoms with Gasteiger partial charge in [-0.05, 0) is 30.4 Å². The van der Waals surface area contributed by atoms with E-state index in [1.807, 2.05) is 30.9 Å². The quantitative estimate of drug-likeness (QED) is 0.724. The Kier molecular flexibility index (Phi) is 8.68. The lowest BCUT2D eigenvalue weighted by Crippen LogP contribution is -2.50. The second-order valence-electron chi connectivity index (χ2n) is 8.22. The summed E-state index contributed by atoms with van der Waals surface area (Å²) in [5.41, 5.74) is 2.48. The highest BCUT2D eigenvalue weighted by atomic mass is 35.5. The van der Waals surface area contributed by atoms with E-state index in [4.69, 9.17) is 0 Å². The van der Waals surface area contributed by atoms with Crippen LogP contribution in [0.1, 0.15) is 49.8 Å². The lowest BCUT2D eigenvalue weighted by atomic mass is 10.00. The molecule has 2 heterocycles. The van der Waals surface area contributed by atoms with Gasteiger partial charge in [0.25, 0.3) is 0 Å². The normalized spacial score (nSPS) is 18.3. The van der Waals surface area contributed by atoms with Crippen LogP contribution in [0.15, 0.2) is 36.7 Å². The summed E-state index contributed by atoms with van der Waals surface area (Å²) in [4.78, 5) is 19.4. The molecule has 160 valence electrons. The molecule has 1 fully saturated rings. The molecule has 0 bridgehead atoms. The van der Waals surface area contributed by atoms with Gasteiger partial charge in [0, 0.05) is 39.1 Å². The first-order valence-corrected chi connectivity index (χ1v) is 10.2. The lowest BCUT2D eigenvalue weighted by molar-refractivity contribution is -0.123. The fourth-order valence-electron chi connectivity index (χ4n) is 3.86.